The van der Waals surface area contributed by atoms with Crippen LogP contribution in [0.3, 0.4) is 0 Å². The second-order valence-corrected chi connectivity index (χ2v) is 9.05. The number of nitrogens with one attached hydrogen (secondary N) is 1. The van der Waals surface area contributed by atoms with E-state index < -0.39 is 0 Å². The van der Waals surface area contributed by atoms with Crippen molar-refractivity contribution in [3.63, 3.8) is 0 Å². The van der Waals surface area contributed by atoms with Crippen LogP contribution in [0.25, 0.3) is 10.2 Å². The molecule has 0 radical (unpaired) electrons. The van der Waals surface area contributed by atoms with Gasteiger partial charge in [-0.2, -0.15) is 0 Å². The lowest BCUT2D eigenvalue weighted by Gasteiger charge is -2.17. The molecule has 0 fully saturated rings. The zero-order valence-electron chi connectivity index (χ0n) is 17.6. The van der Waals surface area contributed by atoms with Gasteiger partial charge in [0.2, 0.25) is 5.91 Å². The van der Waals surface area contributed by atoms with Crippen molar-refractivity contribution in [2.45, 2.75) is 46.1 Å². The summed E-state index contributed by atoms with van der Waals surface area (Å²) in [6, 6.07) is 6.49. The Morgan fingerprint density at radius 2 is 2.06 bits per heavy atom. The van der Waals surface area contributed by atoms with Crippen molar-refractivity contribution >= 4 is 39.1 Å². The molecule has 1 aliphatic rings. The maximum Gasteiger partial charge on any atom is 0.338 e. The number of thiophene rings is 1. The fraction of sp³-hybridized carbons (Fsp3) is 0.391. The van der Waals surface area contributed by atoms with E-state index in [1.54, 1.807) is 35.6 Å². The van der Waals surface area contributed by atoms with E-state index in [4.69, 9.17) is 4.74 Å². The fourth-order valence-electron chi connectivity index (χ4n) is 3.80. The number of aromatic nitrogens is 2. The van der Waals surface area contributed by atoms with Gasteiger partial charge in [0.25, 0.3) is 5.56 Å². The van der Waals surface area contributed by atoms with E-state index in [2.05, 4.69) is 17.2 Å². The zero-order chi connectivity index (χ0) is 22.0. The summed E-state index contributed by atoms with van der Waals surface area (Å²) in [5, 5.41) is 3.43. The molecule has 3 aromatic rings. The minimum Gasteiger partial charge on any atom is -0.462 e. The number of esters is 1. The molecule has 2 aromatic heterocycles. The molecule has 31 heavy (non-hydrogen) atoms. The average Bonchev–Trinajstić information content (AvgIpc) is 3.12. The van der Waals surface area contributed by atoms with Crippen LogP contribution in [0.5, 0.6) is 0 Å². The van der Waals surface area contributed by atoms with Crippen molar-refractivity contribution in [2.24, 2.45) is 5.92 Å². The highest BCUT2D eigenvalue weighted by Crippen LogP contribution is 2.35. The molecule has 7 nitrogen and oxygen atoms in total. The maximum atomic E-state index is 13.0. The summed E-state index contributed by atoms with van der Waals surface area (Å²) in [7, 11) is 0. The molecule has 1 N–H and O–H groups in total. The van der Waals surface area contributed by atoms with Crippen molar-refractivity contribution in [3.8, 4) is 0 Å². The van der Waals surface area contributed by atoms with Crippen LogP contribution in [0, 0.1) is 5.92 Å². The van der Waals surface area contributed by atoms with Crippen molar-refractivity contribution in [1.82, 2.24) is 9.55 Å². The normalized spacial score (nSPS) is 15.5. The predicted octanol–water partition coefficient (Wildman–Crippen LogP) is 3.79. The number of benzene rings is 1. The van der Waals surface area contributed by atoms with Crippen LogP contribution in [0.15, 0.2) is 35.4 Å². The minimum absolute atomic E-state index is 0.122. The van der Waals surface area contributed by atoms with Crippen LogP contribution < -0.4 is 10.9 Å². The molecule has 0 bridgehead atoms. The third-order valence-corrected chi connectivity index (χ3v) is 6.60. The third-order valence-electron chi connectivity index (χ3n) is 5.44. The quantitative estimate of drug-likeness (QED) is 0.590. The SMILES string of the molecule is CCCOC(=O)c1ccc(NC(=O)Cn2cnc3sc4c(c3c2=O)CCC(C)C4)cc1. The Morgan fingerprint density at radius 1 is 1.29 bits per heavy atom. The smallest absolute Gasteiger partial charge is 0.338 e. The summed E-state index contributed by atoms with van der Waals surface area (Å²) in [6.07, 6.45) is 5.14. The summed E-state index contributed by atoms with van der Waals surface area (Å²) in [5.41, 5.74) is 1.91. The lowest BCUT2D eigenvalue weighted by Crippen LogP contribution is -2.28. The Balaban J connectivity index is 1.47. The van der Waals surface area contributed by atoms with Gasteiger partial charge in [0.15, 0.2) is 0 Å². The monoisotopic (exact) mass is 439 g/mol. The number of hydrogen-bond donors (Lipinski definition) is 1. The van der Waals surface area contributed by atoms with E-state index in [0.29, 0.717) is 29.2 Å². The largest absolute Gasteiger partial charge is 0.462 e. The summed E-state index contributed by atoms with van der Waals surface area (Å²) in [6.45, 7) is 4.40. The van der Waals surface area contributed by atoms with Crippen LogP contribution >= 0.6 is 11.3 Å². The molecular weight excluding hydrogens is 414 g/mol. The Bertz CT molecular complexity index is 1180. The van der Waals surface area contributed by atoms with Gasteiger partial charge in [-0.1, -0.05) is 13.8 Å². The number of carbonyl (C=O) groups is 2. The van der Waals surface area contributed by atoms with Crippen LogP contribution in [0.1, 0.15) is 47.5 Å². The standard InChI is InChI=1S/C23H25N3O4S/c1-3-10-30-23(29)15-5-7-16(8-6-15)25-19(27)12-26-13-24-21-20(22(26)28)17-9-4-14(2)11-18(17)31-21/h5-8,13-14H,3-4,9-12H2,1-2H3,(H,25,27). The molecule has 1 atom stereocenters. The van der Waals surface area contributed by atoms with Gasteiger partial charge in [-0.05, 0) is 61.4 Å². The molecule has 1 amide bonds. The molecule has 0 aliphatic heterocycles. The first-order chi connectivity index (χ1) is 15.0. The zero-order valence-corrected chi connectivity index (χ0v) is 18.5. The third kappa shape index (κ3) is 4.54. The molecule has 8 heteroatoms. The first kappa shape index (κ1) is 21.2. The van der Waals surface area contributed by atoms with Gasteiger partial charge in [-0.15, -0.1) is 11.3 Å². The molecule has 1 aromatic carbocycles. The molecule has 0 saturated carbocycles. The maximum absolute atomic E-state index is 13.0. The molecule has 1 aliphatic carbocycles. The van der Waals surface area contributed by atoms with Crippen molar-refractivity contribution in [3.05, 3.63) is 57.0 Å². The highest BCUT2D eigenvalue weighted by atomic mass is 32.1. The molecular formula is C23H25N3O4S. The Morgan fingerprint density at radius 3 is 2.81 bits per heavy atom. The second-order valence-electron chi connectivity index (χ2n) is 7.97. The molecule has 1 unspecified atom stereocenters. The first-order valence-corrected chi connectivity index (χ1v) is 11.3. The van der Waals surface area contributed by atoms with Gasteiger partial charge in [0.05, 0.1) is 23.9 Å². The van der Waals surface area contributed by atoms with Crippen LogP contribution in [-0.2, 0) is 28.9 Å². The fourth-order valence-corrected chi connectivity index (χ4v) is 5.14. The number of rotatable bonds is 6. The summed E-state index contributed by atoms with van der Waals surface area (Å²) >= 11 is 1.59. The molecule has 2 heterocycles. The van der Waals surface area contributed by atoms with Gasteiger partial charge in [0, 0.05) is 10.6 Å². The summed E-state index contributed by atoms with van der Waals surface area (Å²) in [4.78, 5) is 43.9. The van der Waals surface area contributed by atoms with Gasteiger partial charge < -0.3 is 10.1 Å². The molecule has 0 spiro atoms. The van der Waals surface area contributed by atoms with Crippen molar-refractivity contribution in [1.29, 1.82) is 0 Å². The van der Waals surface area contributed by atoms with Gasteiger partial charge in [-0.3, -0.25) is 14.2 Å². The number of anilines is 1. The van der Waals surface area contributed by atoms with E-state index in [1.165, 1.54) is 15.8 Å². The molecule has 0 saturated heterocycles. The van der Waals surface area contributed by atoms with E-state index in [-0.39, 0.29) is 24.0 Å². The number of amides is 1. The molecule has 4 rings (SSSR count). The van der Waals surface area contributed by atoms with Crippen molar-refractivity contribution < 1.29 is 14.3 Å². The number of ether oxygens (including phenoxy) is 1. The lowest BCUT2D eigenvalue weighted by atomic mass is 9.89. The first-order valence-electron chi connectivity index (χ1n) is 10.5. The van der Waals surface area contributed by atoms with Gasteiger partial charge in [-0.25, -0.2) is 9.78 Å². The van der Waals surface area contributed by atoms with E-state index in [9.17, 15) is 14.4 Å². The second kappa shape index (κ2) is 9.01. The van der Waals surface area contributed by atoms with Crippen molar-refractivity contribution in [2.75, 3.05) is 11.9 Å². The number of hydrogen-bond acceptors (Lipinski definition) is 6. The number of fused-ring (bicyclic) bond motifs is 3. The van der Waals surface area contributed by atoms with Crippen LogP contribution in [0.2, 0.25) is 0 Å². The van der Waals surface area contributed by atoms with E-state index in [1.807, 2.05) is 6.92 Å². The van der Waals surface area contributed by atoms with Crippen LogP contribution in [0.4, 0.5) is 5.69 Å². The number of aryl methyl sites for hydroxylation is 1. The lowest BCUT2D eigenvalue weighted by molar-refractivity contribution is -0.116. The number of nitrogens with zero attached hydrogens (tertiary/aromatic N) is 2. The van der Waals surface area contributed by atoms with Gasteiger partial charge >= 0.3 is 5.97 Å². The predicted molar refractivity (Wildman–Crippen MR) is 121 cm³/mol. The molecule has 162 valence electrons. The Labute approximate surface area is 184 Å². The highest BCUT2D eigenvalue weighted by Gasteiger charge is 2.23. The Hall–Kier alpha value is -3.00. The highest BCUT2D eigenvalue weighted by molar-refractivity contribution is 7.18. The Kier molecular flexibility index (Phi) is 6.18. The topological polar surface area (TPSA) is 90.3 Å². The van der Waals surface area contributed by atoms with Gasteiger partial charge in [0.1, 0.15) is 11.4 Å². The van der Waals surface area contributed by atoms with E-state index >= 15 is 0 Å². The van der Waals surface area contributed by atoms with E-state index in [0.717, 1.165) is 36.1 Å². The number of carbonyl (C=O) groups excluding carboxylic acids is 2. The summed E-state index contributed by atoms with van der Waals surface area (Å²) < 4.78 is 6.45. The summed E-state index contributed by atoms with van der Waals surface area (Å²) in [5.74, 6) is -0.102. The average molecular weight is 440 g/mol. The minimum atomic E-state index is -0.390. The van der Waals surface area contributed by atoms with Crippen LogP contribution in [-0.4, -0.2) is 28.0 Å².